The molecular weight excluding hydrogens is 228 g/mol. The average molecular weight is 246 g/mol. The van der Waals surface area contributed by atoms with Crippen molar-refractivity contribution in [2.45, 2.75) is 6.92 Å². The average Bonchev–Trinajstić information content (AvgIpc) is 2.67. The molecule has 4 heteroatoms. The molecule has 0 spiro atoms. The Morgan fingerprint density at radius 2 is 2.06 bits per heavy atom. The van der Waals surface area contributed by atoms with Crippen molar-refractivity contribution in [1.29, 1.82) is 0 Å². The lowest BCUT2D eigenvalue weighted by molar-refractivity contribution is 0.139. The molecule has 0 saturated carbocycles. The van der Waals surface area contributed by atoms with Crippen LogP contribution in [0.3, 0.4) is 0 Å². The second-order valence-electron chi connectivity index (χ2n) is 4.62. The molecule has 0 radical (unpaired) electrons. The quantitative estimate of drug-likeness (QED) is 0.834. The van der Waals surface area contributed by atoms with Crippen LogP contribution >= 0.6 is 0 Å². The van der Waals surface area contributed by atoms with Gasteiger partial charge in [0.25, 0.3) is 0 Å². The third kappa shape index (κ3) is 2.54. The summed E-state index contributed by atoms with van der Waals surface area (Å²) >= 11 is 0. The smallest absolute Gasteiger partial charge is 0.418 e. The maximum Gasteiger partial charge on any atom is 0.418 e. The number of carbonyl (C=O) groups is 1. The first-order valence-corrected chi connectivity index (χ1v) is 5.98. The van der Waals surface area contributed by atoms with Gasteiger partial charge >= 0.3 is 6.09 Å². The van der Waals surface area contributed by atoms with E-state index < -0.39 is 0 Å². The van der Waals surface area contributed by atoms with E-state index in [2.05, 4.69) is 0 Å². The SMILES string of the molecule is Cc1cn(C(=O)OCCN(C)C)c2ccccc12. The van der Waals surface area contributed by atoms with Crippen LogP contribution in [0.4, 0.5) is 4.79 Å². The van der Waals surface area contributed by atoms with Crippen molar-refractivity contribution in [1.82, 2.24) is 9.47 Å². The van der Waals surface area contributed by atoms with E-state index in [1.54, 1.807) is 4.57 Å². The summed E-state index contributed by atoms with van der Waals surface area (Å²) in [6.45, 7) is 3.12. The molecule has 0 aliphatic carbocycles. The molecule has 1 aromatic heterocycles. The minimum absolute atomic E-state index is 0.318. The monoisotopic (exact) mass is 246 g/mol. The predicted molar refractivity (Wildman–Crippen MR) is 72.0 cm³/mol. The van der Waals surface area contributed by atoms with Gasteiger partial charge in [-0.15, -0.1) is 0 Å². The van der Waals surface area contributed by atoms with Crippen LogP contribution in [-0.2, 0) is 4.74 Å². The number of aryl methyl sites for hydroxylation is 1. The number of fused-ring (bicyclic) bond motifs is 1. The van der Waals surface area contributed by atoms with Crippen LogP contribution in [0.1, 0.15) is 5.56 Å². The lowest BCUT2D eigenvalue weighted by Gasteiger charge is -2.10. The molecule has 0 N–H and O–H groups in total. The van der Waals surface area contributed by atoms with Crippen molar-refractivity contribution in [3.05, 3.63) is 36.0 Å². The van der Waals surface area contributed by atoms with Crippen molar-refractivity contribution in [2.24, 2.45) is 0 Å². The fourth-order valence-electron chi connectivity index (χ4n) is 1.89. The van der Waals surface area contributed by atoms with Crippen molar-refractivity contribution in [3.8, 4) is 0 Å². The van der Waals surface area contributed by atoms with Gasteiger partial charge in [-0.1, -0.05) is 18.2 Å². The summed E-state index contributed by atoms with van der Waals surface area (Å²) in [7, 11) is 3.89. The molecule has 0 atom stereocenters. The van der Waals surface area contributed by atoms with E-state index in [-0.39, 0.29) is 6.09 Å². The van der Waals surface area contributed by atoms with Crippen LogP contribution in [-0.4, -0.2) is 42.8 Å². The molecule has 0 aliphatic rings. The highest BCUT2D eigenvalue weighted by atomic mass is 16.5. The fraction of sp³-hybridized carbons (Fsp3) is 0.357. The number of rotatable bonds is 3. The summed E-state index contributed by atoms with van der Waals surface area (Å²) in [5.74, 6) is 0. The van der Waals surface area contributed by atoms with Crippen LogP contribution in [0.5, 0.6) is 0 Å². The van der Waals surface area contributed by atoms with E-state index in [0.717, 1.165) is 23.0 Å². The first-order valence-electron chi connectivity index (χ1n) is 5.98. The molecule has 0 amide bonds. The number of para-hydroxylation sites is 1. The Morgan fingerprint density at radius 3 is 2.78 bits per heavy atom. The number of carbonyl (C=O) groups excluding carboxylic acids is 1. The maximum absolute atomic E-state index is 12.0. The molecule has 18 heavy (non-hydrogen) atoms. The van der Waals surface area contributed by atoms with Crippen molar-refractivity contribution < 1.29 is 9.53 Å². The van der Waals surface area contributed by atoms with Crippen LogP contribution in [0, 0.1) is 6.92 Å². The highest BCUT2D eigenvalue weighted by Gasteiger charge is 2.11. The van der Waals surface area contributed by atoms with Gasteiger partial charge in [0.15, 0.2) is 0 Å². The van der Waals surface area contributed by atoms with Gasteiger partial charge < -0.3 is 9.64 Å². The summed E-state index contributed by atoms with van der Waals surface area (Å²) < 4.78 is 6.81. The number of benzene rings is 1. The zero-order valence-electron chi connectivity index (χ0n) is 11.0. The Bertz CT molecular complexity index is 558. The second-order valence-corrected chi connectivity index (χ2v) is 4.62. The lowest BCUT2D eigenvalue weighted by Crippen LogP contribution is -2.22. The molecule has 0 unspecified atom stereocenters. The molecule has 1 heterocycles. The zero-order valence-corrected chi connectivity index (χ0v) is 11.0. The fourth-order valence-corrected chi connectivity index (χ4v) is 1.89. The van der Waals surface area contributed by atoms with Crippen molar-refractivity contribution in [2.75, 3.05) is 27.2 Å². The normalized spacial score (nSPS) is 11.1. The molecule has 0 saturated heterocycles. The third-order valence-corrected chi connectivity index (χ3v) is 2.87. The molecule has 2 rings (SSSR count). The topological polar surface area (TPSA) is 34.5 Å². The van der Waals surface area contributed by atoms with Gasteiger partial charge in [0.05, 0.1) is 5.52 Å². The van der Waals surface area contributed by atoms with Crippen molar-refractivity contribution in [3.63, 3.8) is 0 Å². The second kappa shape index (κ2) is 5.23. The third-order valence-electron chi connectivity index (χ3n) is 2.87. The van der Waals surface area contributed by atoms with E-state index in [1.807, 2.05) is 56.4 Å². The van der Waals surface area contributed by atoms with Crippen LogP contribution in [0.15, 0.2) is 30.5 Å². The number of aromatic nitrogens is 1. The first-order chi connectivity index (χ1) is 8.59. The van der Waals surface area contributed by atoms with E-state index >= 15 is 0 Å². The Morgan fingerprint density at radius 1 is 1.33 bits per heavy atom. The number of likely N-dealkylation sites (N-methyl/N-ethyl adjacent to an activating group) is 1. The Balaban J connectivity index is 2.18. The van der Waals surface area contributed by atoms with Crippen LogP contribution < -0.4 is 0 Å². The number of hydrogen-bond donors (Lipinski definition) is 0. The van der Waals surface area contributed by atoms with E-state index in [1.165, 1.54) is 0 Å². The molecule has 96 valence electrons. The first kappa shape index (κ1) is 12.6. The Labute approximate surface area is 107 Å². The minimum Gasteiger partial charge on any atom is -0.448 e. The molecular formula is C14H18N2O2. The standard InChI is InChI=1S/C14H18N2O2/c1-11-10-16(13-7-5-4-6-12(11)13)14(17)18-9-8-15(2)3/h4-7,10H,8-9H2,1-3H3. The van der Waals surface area contributed by atoms with Gasteiger partial charge in [-0.3, -0.25) is 4.57 Å². The van der Waals surface area contributed by atoms with Crippen LogP contribution in [0.2, 0.25) is 0 Å². The Hall–Kier alpha value is -1.81. The van der Waals surface area contributed by atoms with E-state index in [9.17, 15) is 4.79 Å². The van der Waals surface area contributed by atoms with Gasteiger partial charge in [0.2, 0.25) is 0 Å². The molecule has 4 nitrogen and oxygen atoms in total. The van der Waals surface area contributed by atoms with Gasteiger partial charge in [-0.25, -0.2) is 4.79 Å². The Kier molecular flexibility index (Phi) is 3.67. The molecule has 0 bridgehead atoms. The van der Waals surface area contributed by atoms with E-state index in [0.29, 0.717) is 6.61 Å². The van der Waals surface area contributed by atoms with Crippen LogP contribution in [0.25, 0.3) is 10.9 Å². The lowest BCUT2D eigenvalue weighted by atomic mass is 10.2. The number of nitrogens with zero attached hydrogens (tertiary/aromatic N) is 2. The summed E-state index contributed by atoms with van der Waals surface area (Å²) in [6.07, 6.45) is 1.50. The van der Waals surface area contributed by atoms with Crippen molar-refractivity contribution >= 4 is 17.0 Å². The maximum atomic E-state index is 12.0. The number of ether oxygens (including phenoxy) is 1. The summed E-state index contributed by atoms with van der Waals surface area (Å²) in [4.78, 5) is 14.0. The van der Waals surface area contributed by atoms with Gasteiger partial charge in [0, 0.05) is 18.1 Å². The summed E-state index contributed by atoms with van der Waals surface area (Å²) in [5, 5.41) is 1.09. The van der Waals surface area contributed by atoms with Gasteiger partial charge in [-0.2, -0.15) is 0 Å². The molecule has 0 fully saturated rings. The minimum atomic E-state index is -0.318. The largest absolute Gasteiger partial charge is 0.448 e. The molecule has 2 aromatic rings. The molecule has 0 aliphatic heterocycles. The van der Waals surface area contributed by atoms with Gasteiger partial charge in [0.1, 0.15) is 6.61 Å². The molecule has 1 aromatic carbocycles. The van der Waals surface area contributed by atoms with Gasteiger partial charge in [-0.05, 0) is 32.6 Å². The summed E-state index contributed by atoms with van der Waals surface area (Å²) in [6, 6.07) is 7.83. The zero-order chi connectivity index (χ0) is 13.1. The summed E-state index contributed by atoms with van der Waals surface area (Å²) in [5.41, 5.74) is 1.97. The highest BCUT2D eigenvalue weighted by molar-refractivity contribution is 5.91. The highest BCUT2D eigenvalue weighted by Crippen LogP contribution is 2.20. The number of hydrogen-bond acceptors (Lipinski definition) is 3. The van der Waals surface area contributed by atoms with E-state index in [4.69, 9.17) is 4.74 Å². The predicted octanol–water partition coefficient (Wildman–Crippen LogP) is 2.50.